The Kier molecular flexibility index (Phi) is 3.28. The molecule has 1 atom stereocenters. The summed E-state index contributed by atoms with van der Waals surface area (Å²) in [6.45, 7) is 6.99. The Morgan fingerprint density at radius 3 is 3.00 bits per heavy atom. The van der Waals surface area contributed by atoms with Crippen LogP contribution in [-0.2, 0) is 11.2 Å². The largest absolute Gasteiger partial charge is 0.305 e. The van der Waals surface area contributed by atoms with Crippen molar-refractivity contribution in [3.8, 4) is 0 Å². The highest BCUT2D eigenvalue weighted by molar-refractivity contribution is 5.89. The number of carbonyl (C=O) groups is 1. The number of carbonyl (C=O) groups excluding carboxylic acids is 1. The molecule has 0 radical (unpaired) electrons. The summed E-state index contributed by atoms with van der Waals surface area (Å²) < 4.78 is 1.82. The maximum absolute atomic E-state index is 12.3. The van der Waals surface area contributed by atoms with Crippen molar-refractivity contribution in [3.63, 3.8) is 0 Å². The Hall–Kier alpha value is -1.23. The first-order valence-corrected chi connectivity index (χ1v) is 6.19. The molecule has 0 saturated carbocycles. The zero-order valence-corrected chi connectivity index (χ0v) is 10.7. The number of rotatable bonds is 4. The molecular weight excluding hydrogens is 216 g/mol. The minimum atomic E-state index is -0.367. The molecule has 1 saturated heterocycles. The van der Waals surface area contributed by atoms with E-state index < -0.39 is 0 Å². The van der Waals surface area contributed by atoms with Crippen molar-refractivity contribution >= 4 is 5.78 Å². The quantitative estimate of drug-likeness (QED) is 0.851. The van der Waals surface area contributed by atoms with Gasteiger partial charge in [0.05, 0.1) is 12.0 Å². The highest BCUT2D eigenvalue weighted by Gasteiger charge is 2.36. The first-order valence-electron chi connectivity index (χ1n) is 6.19. The summed E-state index contributed by atoms with van der Waals surface area (Å²) in [5, 5.41) is 7.44. The van der Waals surface area contributed by atoms with E-state index in [1.807, 2.05) is 25.5 Å². The number of nitrogens with one attached hydrogen (secondary N) is 1. The lowest BCUT2D eigenvalue weighted by atomic mass is 9.92. The number of ketones is 1. The lowest BCUT2D eigenvalue weighted by Gasteiger charge is -2.22. The van der Waals surface area contributed by atoms with Gasteiger partial charge in [-0.2, -0.15) is 5.10 Å². The third-order valence-corrected chi connectivity index (χ3v) is 3.44. The van der Waals surface area contributed by atoms with Crippen LogP contribution in [0.2, 0.25) is 0 Å². The zero-order valence-electron chi connectivity index (χ0n) is 10.7. The van der Waals surface area contributed by atoms with Gasteiger partial charge in [-0.05, 0) is 40.2 Å². The third kappa shape index (κ3) is 2.39. The van der Waals surface area contributed by atoms with E-state index in [9.17, 15) is 4.79 Å². The van der Waals surface area contributed by atoms with E-state index in [-0.39, 0.29) is 17.4 Å². The van der Waals surface area contributed by atoms with Gasteiger partial charge < -0.3 is 5.32 Å². The molecule has 1 fully saturated rings. The lowest BCUT2D eigenvalue weighted by molar-refractivity contribution is -0.123. The summed E-state index contributed by atoms with van der Waals surface area (Å²) in [5.74, 6) is 0.977. The number of hydrogen-bond acceptors (Lipinski definition) is 4. The van der Waals surface area contributed by atoms with Crippen molar-refractivity contribution in [3.05, 3.63) is 12.2 Å². The fraction of sp³-hybridized carbons (Fsp3) is 0.750. The number of hydrogen-bond donors (Lipinski definition) is 1. The Labute approximate surface area is 102 Å². The molecule has 1 aromatic heterocycles. The van der Waals surface area contributed by atoms with Crippen LogP contribution in [0.15, 0.2) is 6.33 Å². The van der Waals surface area contributed by atoms with E-state index in [0.29, 0.717) is 6.42 Å². The van der Waals surface area contributed by atoms with Crippen LogP contribution in [-0.4, -0.2) is 32.6 Å². The van der Waals surface area contributed by atoms with Crippen LogP contribution in [0.5, 0.6) is 0 Å². The zero-order chi connectivity index (χ0) is 12.5. The highest BCUT2D eigenvalue weighted by Crippen LogP contribution is 2.21. The summed E-state index contributed by atoms with van der Waals surface area (Å²) in [6.07, 6.45) is 3.87. The predicted octanol–water partition coefficient (Wildman–Crippen LogP) is 1.11. The summed E-state index contributed by atoms with van der Waals surface area (Å²) in [4.78, 5) is 16.4. The van der Waals surface area contributed by atoms with Gasteiger partial charge in [-0.15, -0.1) is 0 Å². The second kappa shape index (κ2) is 4.56. The average molecular weight is 236 g/mol. The molecule has 0 aliphatic carbocycles. The topological polar surface area (TPSA) is 59.8 Å². The first-order chi connectivity index (χ1) is 8.03. The number of aromatic nitrogens is 3. The predicted molar refractivity (Wildman–Crippen MR) is 64.8 cm³/mol. The Bertz CT molecular complexity index is 404. The van der Waals surface area contributed by atoms with Gasteiger partial charge in [0.25, 0.3) is 0 Å². The standard InChI is InChI=1S/C12H20N4O/c1-9(2)16-11(13-8-15-16)7-10(17)12(3)5-4-6-14-12/h8-9,14H,4-7H2,1-3H3. The van der Waals surface area contributed by atoms with Crippen molar-refractivity contribution in [2.45, 2.75) is 51.6 Å². The highest BCUT2D eigenvalue weighted by atomic mass is 16.1. The Morgan fingerprint density at radius 2 is 2.41 bits per heavy atom. The number of nitrogens with zero attached hydrogens (tertiary/aromatic N) is 3. The van der Waals surface area contributed by atoms with Crippen LogP contribution in [0, 0.1) is 0 Å². The third-order valence-electron chi connectivity index (χ3n) is 3.44. The summed E-state index contributed by atoms with van der Waals surface area (Å²) in [6, 6.07) is 0.240. The van der Waals surface area contributed by atoms with Crippen molar-refractivity contribution in [2.24, 2.45) is 0 Å². The number of Topliss-reactive ketones (excluding diaryl/α,β-unsaturated/α-hetero) is 1. The molecule has 0 bridgehead atoms. The van der Waals surface area contributed by atoms with Gasteiger partial charge in [0, 0.05) is 6.04 Å². The molecule has 5 nitrogen and oxygen atoms in total. The molecule has 2 rings (SSSR count). The van der Waals surface area contributed by atoms with Crippen LogP contribution in [0.3, 0.4) is 0 Å². The molecule has 1 aliphatic heterocycles. The minimum Gasteiger partial charge on any atom is -0.305 e. The first kappa shape index (κ1) is 12.2. The molecule has 5 heteroatoms. The molecule has 1 N–H and O–H groups in total. The van der Waals surface area contributed by atoms with Crippen LogP contribution < -0.4 is 5.32 Å². The maximum Gasteiger partial charge on any atom is 0.160 e. The monoisotopic (exact) mass is 236 g/mol. The normalized spacial score (nSPS) is 24.5. The minimum absolute atomic E-state index is 0.213. The average Bonchev–Trinajstić information content (AvgIpc) is 2.87. The van der Waals surface area contributed by atoms with E-state index in [1.165, 1.54) is 6.33 Å². The Balaban J connectivity index is 2.10. The molecule has 1 aromatic rings. The van der Waals surface area contributed by atoms with Gasteiger partial charge in [-0.25, -0.2) is 9.67 Å². The fourth-order valence-corrected chi connectivity index (χ4v) is 2.30. The summed E-state index contributed by atoms with van der Waals surface area (Å²) >= 11 is 0. The summed E-state index contributed by atoms with van der Waals surface area (Å²) in [5.41, 5.74) is -0.367. The van der Waals surface area contributed by atoms with Gasteiger partial charge in [0.1, 0.15) is 12.2 Å². The van der Waals surface area contributed by atoms with E-state index in [4.69, 9.17) is 0 Å². The van der Waals surface area contributed by atoms with Crippen LogP contribution in [0.4, 0.5) is 0 Å². The summed E-state index contributed by atoms with van der Waals surface area (Å²) in [7, 11) is 0. The van der Waals surface area contributed by atoms with Crippen molar-refractivity contribution in [1.29, 1.82) is 0 Å². The smallest absolute Gasteiger partial charge is 0.160 e. The van der Waals surface area contributed by atoms with Gasteiger partial charge in [0.2, 0.25) is 0 Å². The molecule has 17 heavy (non-hydrogen) atoms. The van der Waals surface area contributed by atoms with Gasteiger partial charge in [-0.1, -0.05) is 0 Å². The lowest BCUT2D eigenvalue weighted by Crippen LogP contribution is -2.45. The second-order valence-electron chi connectivity index (χ2n) is 5.18. The molecule has 0 aromatic carbocycles. The van der Waals surface area contributed by atoms with Gasteiger partial charge in [-0.3, -0.25) is 4.79 Å². The molecule has 94 valence electrons. The van der Waals surface area contributed by atoms with Crippen molar-refractivity contribution in [2.75, 3.05) is 6.54 Å². The molecule has 0 amide bonds. The maximum atomic E-state index is 12.3. The molecule has 2 heterocycles. The Morgan fingerprint density at radius 1 is 1.65 bits per heavy atom. The molecular formula is C12H20N4O. The SMILES string of the molecule is CC(C)n1ncnc1CC(=O)C1(C)CCCN1. The van der Waals surface area contributed by atoms with Gasteiger partial charge in [0.15, 0.2) is 5.78 Å². The fourth-order valence-electron chi connectivity index (χ4n) is 2.30. The molecule has 1 unspecified atom stereocenters. The van der Waals surface area contributed by atoms with E-state index in [0.717, 1.165) is 25.2 Å². The second-order valence-corrected chi connectivity index (χ2v) is 5.18. The van der Waals surface area contributed by atoms with Gasteiger partial charge >= 0.3 is 0 Å². The van der Waals surface area contributed by atoms with Crippen molar-refractivity contribution in [1.82, 2.24) is 20.1 Å². The van der Waals surface area contributed by atoms with Crippen LogP contribution in [0.1, 0.15) is 45.5 Å². The van der Waals surface area contributed by atoms with Crippen LogP contribution >= 0.6 is 0 Å². The molecule has 1 aliphatic rings. The van der Waals surface area contributed by atoms with Crippen LogP contribution in [0.25, 0.3) is 0 Å². The van der Waals surface area contributed by atoms with E-state index >= 15 is 0 Å². The van der Waals surface area contributed by atoms with E-state index in [1.54, 1.807) is 0 Å². The molecule has 0 spiro atoms. The van der Waals surface area contributed by atoms with E-state index in [2.05, 4.69) is 15.4 Å². The van der Waals surface area contributed by atoms with Crippen molar-refractivity contribution < 1.29 is 4.79 Å².